The van der Waals surface area contributed by atoms with Gasteiger partial charge in [-0.2, -0.15) is 40.6 Å². The average molecular weight is 1430 g/mol. The Morgan fingerprint density at radius 2 is 1.06 bits per heavy atom. The fourth-order valence-electron chi connectivity index (χ4n) is 6.18. The quantitative estimate of drug-likeness (QED) is 0.00409. The van der Waals surface area contributed by atoms with Gasteiger partial charge in [-0.15, -0.1) is 28.3 Å². The van der Waals surface area contributed by atoms with Gasteiger partial charge in [-0.3, -0.25) is 28.0 Å². The summed E-state index contributed by atoms with van der Waals surface area (Å²) in [6, 6.07) is 20.8. The Morgan fingerprint density at radius 1 is 0.584 bits per heavy atom. The Balaban J connectivity index is 0.000000520. The minimum absolute atomic E-state index is 0. The molecule has 484 valence electrons. The molecule has 0 aliphatic carbocycles. The van der Waals surface area contributed by atoms with Crippen LogP contribution in [0.25, 0.3) is 10.8 Å². The first-order valence-electron chi connectivity index (χ1n) is 22.3. The molecule has 16 N–H and O–H groups in total. The highest BCUT2D eigenvalue weighted by atomic mass is 32.3. The lowest BCUT2D eigenvalue weighted by molar-refractivity contribution is -0.432. The Hall–Kier alpha value is -6.86. The van der Waals surface area contributed by atoms with Crippen molar-refractivity contribution < 1.29 is 134 Å². The van der Waals surface area contributed by atoms with Crippen molar-refractivity contribution in [2.45, 2.75) is 36.3 Å². The van der Waals surface area contributed by atoms with Crippen molar-refractivity contribution >= 4 is 180 Å². The summed E-state index contributed by atoms with van der Waals surface area (Å²) in [5, 5.41) is 72.2. The van der Waals surface area contributed by atoms with Gasteiger partial charge < -0.3 is 41.2 Å². The fourth-order valence-corrected chi connectivity index (χ4v) is 11.1. The molecule has 0 spiro atoms. The molecule has 6 rings (SSSR count). The average Bonchev–Trinajstić information content (AvgIpc) is 1.35. The molecular formula is C42H43N9O29S9. The van der Waals surface area contributed by atoms with Crippen LogP contribution in [0.5, 0.6) is 5.75 Å². The van der Waals surface area contributed by atoms with E-state index in [0.29, 0.717) is 63.6 Å². The van der Waals surface area contributed by atoms with Gasteiger partial charge >= 0.3 is 22.3 Å². The lowest BCUT2D eigenvalue weighted by atomic mass is 10.1. The number of nitrogens with one attached hydrogen (secondary N) is 1. The highest BCUT2D eigenvalue weighted by Crippen LogP contribution is 2.49. The molecule has 0 radical (unpaired) electrons. The van der Waals surface area contributed by atoms with E-state index in [-0.39, 0.29) is 82.8 Å². The summed E-state index contributed by atoms with van der Waals surface area (Å²) in [5.74, 6) is -4.02. The monoisotopic (exact) mass is 1420 g/mol. The minimum atomic E-state index is -5.12. The number of azo groups is 3. The van der Waals surface area contributed by atoms with Crippen molar-refractivity contribution in [2.75, 3.05) is 40.6 Å². The van der Waals surface area contributed by atoms with Crippen molar-refractivity contribution in [1.82, 2.24) is 0 Å². The summed E-state index contributed by atoms with van der Waals surface area (Å²) in [4.78, 5) is 33.7. The van der Waals surface area contributed by atoms with Crippen LogP contribution in [0.4, 0.5) is 51.2 Å². The zero-order chi connectivity index (χ0) is 64.1. The van der Waals surface area contributed by atoms with E-state index in [9.17, 15) is 62.3 Å². The van der Waals surface area contributed by atoms with E-state index in [2.05, 4.69) is 68.3 Å². The first-order valence-corrected chi connectivity index (χ1v) is 32.2. The minimum Gasteiger partial charge on any atom is -0.505 e. The first-order chi connectivity index (χ1) is 41.0. The van der Waals surface area contributed by atoms with Crippen LogP contribution in [0.3, 0.4) is 0 Å². The number of carbonyl (C=O) groups excluding carboxylic acids is 3. The molecule has 0 saturated carbocycles. The fraction of sp³-hybridized carbons (Fsp3) is 0.119. The SMILES string of the molecule is CC(=O)Nc1cc(N)c(S(=O)(=O)O)cc1N=Nc1ccc(SOC(=O)CSOOO)cc1.Nc1c(N=Nc2ccc(SOC(=O)CSOOO)cc2)c(SOOO)cc2cc(S(=O)(=O)O)c(N=Nc3ccc(S(=O)(=O)CCOS(=O)(=O)O)cc3)c(O)c12.O.O. The number of nitrogens with two attached hydrogens (primary N) is 2. The first kappa shape index (κ1) is 76.4. The van der Waals surface area contributed by atoms with Gasteiger partial charge in [-0.25, -0.2) is 28.4 Å². The molecule has 1 amide bonds. The number of carbonyl (C=O) groups is 3. The number of benzene rings is 6. The number of nitrogens with zero attached hydrogens (tertiary/aromatic N) is 6. The molecule has 0 bridgehead atoms. The number of phenols is 1. The Kier molecular flexibility index (Phi) is 30.5. The van der Waals surface area contributed by atoms with E-state index < -0.39 is 91.9 Å². The van der Waals surface area contributed by atoms with Crippen LogP contribution in [0.15, 0.2) is 157 Å². The highest BCUT2D eigenvalue weighted by Gasteiger charge is 2.27. The molecule has 0 atom stereocenters. The largest absolute Gasteiger partial charge is 0.505 e. The van der Waals surface area contributed by atoms with Crippen molar-refractivity contribution in [2.24, 2.45) is 30.7 Å². The standard InChI is InChI=1S/C26H23N5O18S6.C16H16N4O9S3.2H2O/c27-23-22-14(11-19(52-49-47-35)24(23)30-28-15-1-5-17(6-2-15)51-45-21(32)13-50-48-46-34)12-20(54(38,39)40)25(26(22)33)31-29-16-3-7-18(8-4-16)53(36,37)10-9-44-55(41,42)43;1-9(21)18-13-6-12(17)15(32(24,25)26)7-14(13)20-19-10-2-4-11(5-3-10)31-27-16(22)8-30-29-28-23;;/h1-8,11-12,33-35H,9-10,13,27H2,(H,38,39,40)(H,41,42,43);2-7,23H,8,17H2,1H3,(H,18,21)(H,24,25,26);2*1H2. The molecule has 89 heavy (non-hydrogen) atoms. The number of anilines is 3. The molecule has 47 heteroatoms. The molecule has 0 saturated heterocycles. The number of aromatic hydroxyl groups is 1. The van der Waals surface area contributed by atoms with Crippen LogP contribution in [0, 0.1) is 0 Å². The van der Waals surface area contributed by atoms with Crippen LogP contribution < -0.4 is 16.8 Å². The molecule has 0 unspecified atom stereocenters. The summed E-state index contributed by atoms with van der Waals surface area (Å²) in [7, 11) is -18.7. The van der Waals surface area contributed by atoms with E-state index in [1.807, 2.05) is 0 Å². The van der Waals surface area contributed by atoms with Gasteiger partial charge in [0, 0.05) is 40.8 Å². The zero-order valence-electron chi connectivity index (χ0n) is 43.9. The number of phenolic OH excluding ortho intramolecular Hbond substituents is 1. The molecule has 38 nitrogen and oxygen atoms in total. The molecule has 6 aromatic carbocycles. The van der Waals surface area contributed by atoms with Crippen molar-refractivity contribution in [3.8, 4) is 5.75 Å². The number of nitrogen functional groups attached to an aromatic ring is 2. The second kappa shape index (κ2) is 35.5. The summed E-state index contributed by atoms with van der Waals surface area (Å²) in [6.07, 6.45) is 0. The van der Waals surface area contributed by atoms with Gasteiger partial charge in [-0.05, 0) is 102 Å². The smallest absolute Gasteiger partial charge is 0.397 e. The topological polar surface area (TPSA) is 614 Å². The Labute approximate surface area is 521 Å². The van der Waals surface area contributed by atoms with Gasteiger partial charge in [0.1, 0.15) is 38.4 Å². The molecule has 0 aliphatic heterocycles. The predicted molar refractivity (Wildman–Crippen MR) is 313 cm³/mol. The van der Waals surface area contributed by atoms with E-state index >= 15 is 0 Å². The van der Waals surface area contributed by atoms with Crippen LogP contribution in [-0.4, -0.2) is 121 Å². The maximum Gasteiger partial charge on any atom is 0.397 e. The second-order valence-electron chi connectivity index (χ2n) is 15.6. The maximum atomic E-state index is 12.5. The molecule has 0 aromatic heterocycles. The van der Waals surface area contributed by atoms with Crippen molar-refractivity contribution in [3.63, 3.8) is 0 Å². The van der Waals surface area contributed by atoms with E-state index in [0.717, 1.165) is 54.5 Å². The van der Waals surface area contributed by atoms with Crippen LogP contribution >= 0.6 is 60.2 Å². The van der Waals surface area contributed by atoms with Gasteiger partial charge in [0.05, 0.1) is 97.8 Å². The third-order valence-corrected chi connectivity index (χ3v) is 16.7. The number of fused-ring (bicyclic) bond motifs is 1. The summed E-state index contributed by atoms with van der Waals surface area (Å²) >= 11 is 2.87. The number of sulfone groups is 1. The third-order valence-electron chi connectivity index (χ3n) is 9.69. The Bertz CT molecular complexity index is 4010. The predicted octanol–water partition coefficient (Wildman–Crippen LogP) is 7.71. The highest BCUT2D eigenvalue weighted by molar-refractivity contribution is 7.97. The van der Waals surface area contributed by atoms with Crippen LogP contribution in [0.2, 0.25) is 0 Å². The van der Waals surface area contributed by atoms with E-state index in [1.54, 1.807) is 12.1 Å². The van der Waals surface area contributed by atoms with Gasteiger partial charge in [-0.1, -0.05) is 15.1 Å². The van der Waals surface area contributed by atoms with Crippen molar-refractivity contribution in [1.29, 1.82) is 0 Å². The lowest BCUT2D eigenvalue weighted by Gasteiger charge is -2.14. The van der Waals surface area contributed by atoms with Gasteiger partial charge in [0.15, 0.2) is 15.6 Å². The lowest BCUT2D eigenvalue weighted by Crippen LogP contribution is -2.15. The van der Waals surface area contributed by atoms with Crippen molar-refractivity contribution in [3.05, 3.63) is 97.1 Å². The normalized spacial score (nSPS) is 11.9. The summed E-state index contributed by atoms with van der Waals surface area (Å²) < 4.78 is 149. The van der Waals surface area contributed by atoms with E-state index in [4.69, 9.17) is 40.2 Å². The van der Waals surface area contributed by atoms with E-state index in [1.165, 1.54) is 49.4 Å². The Morgan fingerprint density at radius 3 is 1.52 bits per heavy atom. The molecule has 0 heterocycles. The number of amides is 1. The summed E-state index contributed by atoms with van der Waals surface area (Å²) in [5.41, 5.74) is 11.0. The number of rotatable bonds is 29. The zero-order valence-corrected chi connectivity index (χ0v) is 51.2. The van der Waals surface area contributed by atoms with Crippen LogP contribution in [-0.2, 0) is 95.5 Å². The third kappa shape index (κ3) is 24.5. The molecule has 6 aromatic rings. The molecular weight excluding hydrogens is 1380 g/mol. The molecule has 0 aliphatic rings. The van der Waals surface area contributed by atoms with Gasteiger partial charge in [0.2, 0.25) is 5.91 Å². The number of hydrogen-bond donors (Lipinski definition) is 10. The van der Waals surface area contributed by atoms with Gasteiger partial charge in [0.25, 0.3) is 20.2 Å². The second-order valence-corrected chi connectivity index (χ2v) is 25.3. The summed E-state index contributed by atoms with van der Waals surface area (Å²) in [6.45, 7) is 0.369. The number of hydrogen-bond acceptors (Lipinski definition) is 37. The molecule has 0 fully saturated rings. The maximum absolute atomic E-state index is 12.5. The van der Waals surface area contributed by atoms with Crippen LogP contribution in [0.1, 0.15) is 6.92 Å².